The molecule has 0 unspecified atom stereocenters. The van der Waals surface area contributed by atoms with Crippen molar-refractivity contribution in [3.05, 3.63) is 18.2 Å². The van der Waals surface area contributed by atoms with Crippen LogP contribution in [0.2, 0.25) is 0 Å². The third-order valence-corrected chi connectivity index (χ3v) is 2.57. The van der Waals surface area contributed by atoms with Crippen molar-refractivity contribution in [2.45, 2.75) is 41.5 Å². The molecule has 1 rings (SSSR count). The fourth-order valence-electron chi connectivity index (χ4n) is 1.56. The van der Waals surface area contributed by atoms with Gasteiger partial charge in [-0.1, -0.05) is 41.5 Å². The van der Waals surface area contributed by atoms with Gasteiger partial charge in [0.05, 0.1) is 19.8 Å². The molecule has 0 aromatic heterocycles. The summed E-state index contributed by atoms with van der Waals surface area (Å²) in [5.74, 6) is 3.42. The lowest BCUT2D eigenvalue weighted by Crippen LogP contribution is -2.11. The first-order valence-corrected chi connectivity index (χ1v) is 7.83. The van der Waals surface area contributed by atoms with E-state index >= 15 is 0 Å². The lowest BCUT2D eigenvalue weighted by molar-refractivity contribution is 0.207. The minimum Gasteiger partial charge on any atom is -0.489 e. The second kappa shape index (κ2) is 8.81. The van der Waals surface area contributed by atoms with Crippen LogP contribution < -0.4 is 14.2 Å². The van der Waals surface area contributed by atoms with Gasteiger partial charge in [0.25, 0.3) is 0 Å². The largest absolute Gasteiger partial charge is 0.489 e. The Bertz CT molecular complexity index is 381. The zero-order valence-corrected chi connectivity index (χ0v) is 14.2. The summed E-state index contributed by atoms with van der Waals surface area (Å²) in [6.45, 7) is 14.7. The van der Waals surface area contributed by atoms with E-state index < -0.39 is 0 Å². The average Bonchev–Trinajstić information content (AvgIpc) is 2.40. The zero-order chi connectivity index (χ0) is 15.8. The van der Waals surface area contributed by atoms with Gasteiger partial charge in [-0.3, -0.25) is 0 Å². The molecule has 3 heteroatoms. The highest BCUT2D eigenvalue weighted by Gasteiger charge is 2.14. The molecule has 0 N–H and O–H groups in total. The van der Waals surface area contributed by atoms with Gasteiger partial charge in [0.15, 0.2) is 11.5 Å². The van der Waals surface area contributed by atoms with Gasteiger partial charge in [-0.2, -0.15) is 0 Å². The highest BCUT2D eigenvalue weighted by Crippen LogP contribution is 2.37. The lowest BCUT2D eigenvalue weighted by Gasteiger charge is -2.19. The van der Waals surface area contributed by atoms with Crippen LogP contribution in [-0.4, -0.2) is 19.8 Å². The SMILES string of the molecule is CC(C)COc1[c]ccc(OCC(C)C)c1OCC(C)C. The second-order valence-corrected chi connectivity index (χ2v) is 6.61. The van der Waals surface area contributed by atoms with Crippen molar-refractivity contribution in [2.24, 2.45) is 17.8 Å². The molecule has 1 aromatic carbocycles. The van der Waals surface area contributed by atoms with Crippen LogP contribution in [0.1, 0.15) is 41.5 Å². The first-order chi connectivity index (χ1) is 9.90. The summed E-state index contributed by atoms with van der Waals surface area (Å²) in [4.78, 5) is 0. The molecular formula is C18H29O3. The Labute approximate surface area is 129 Å². The molecular weight excluding hydrogens is 264 g/mol. The Morgan fingerprint density at radius 3 is 1.90 bits per heavy atom. The summed E-state index contributed by atoms with van der Waals surface area (Å²) in [7, 11) is 0. The molecule has 0 amide bonds. The third-order valence-electron chi connectivity index (χ3n) is 2.57. The Morgan fingerprint density at radius 1 is 0.810 bits per heavy atom. The van der Waals surface area contributed by atoms with Gasteiger partial charge >= 0.3 is 0 Å². The molecule has 0 fully saturated rings. The fraction of sp³-hybridized carbons (Fsp3) is 0.667. The predicted molar refractivity (Wildman–Crippen MR) is 86.3 cm³/mol. The predicted octanol–water partition coefficient (Wildman–Crippen LogP) is 4.59. The van der Waals surface area contributed by atoms with E-state index in [1.165, 1.54) is 0 Å². The van der Waals surface area contributed by atoms with Crippen molar-refractivity contribution in [2.75, 3.05) is 19.8 Å². The quantitative estimate of drug-likeness (QED) is 0.666. The van der Waals surface area contributed by atoms with Gasteiger partial charge in [-0.25, -0.2) is 0 Å². The van der Waals surface area contributed by atoms with E-state index in [2.05, 4.69) is 47.6 Å². The topological polar surface area (TPSA) is 27.7 Å². The maximum atomic E-state index is 5.91. The van der Waals surface area contributed by atoms with Crippen LogP contribution >= 0.6 is 0 Å². The first kappa shape index (κ1) is 17.7. The van der Waals surface area contributed by atoms with Crippen LogP contribution in [0.4, 0.5) is 0 Å². The molecule has 1 radical (unpaired) electrons. The normalized spacial score (nSPS) is 11.3. The Morgan fingerprint density at radius 2 is 1.33 bits per heavy atom. The van der Waals surface area contributed by atoms with Gasteiger partial charge in [0.1, 0.15) is 0 Å². The zero-order valence-electron chi connectivity index (χ0n) is 14.2. The minimum atomic E-state index is 0.445. The van der Waals surface area contributed by atoms with E-state index in [1.807, 2.05) is 12.1 Å². The Balaban J connectivity index is 2.90. The number of hydrogen-bond donors (Lipinski definition) is 0. The van der Waals surface area contributed by atoms with E-state index in [0.29, 0.717) is 49.1 Å². The summed E-state index contributed by atoms with van der Waals surface area (Å²) >= 11 is 0. The van der Waals surface area contributed by atoms with Crippen molar-refractivity contribution >= 4 is 0 Å². The molecule has 119 valence electrons. The van der Waals surface area contributed by atoms with Crippen LogP contribution in [0.3, 0.4) is 0 Å². The molecule has 0 spiro atoms. The van der Waals surface area contributed by atoms with E-state index in [9.17, 15) is 0 Å². The molecule has 0 aliphatic rings. The molecule has 0 saturated heterocycles. The van der Waals surface area contributed by atoms with Crippen molar-refractivity contribution in [3.63, 3.8) is 0 Å². The highest BCUT2D eigenvalue weighted by molar-refractivity contribution is 5.50. The van der Waals surface area contributed by atoms with Crippen molar-refractivity contribution in [1.82, 2.24) is 0 Å². The molecule has 0 saturated carbocycles. The molecule has 0 bridgehead atoms. The number of ether oxygens (including phenoxy) is 3. The second-order valence-electron chi connectivity index (χ2n) is 6.61. The summed E-state index contributed by atoms with van der Waals surface area (Å²) in [5.41, 5.74) is 0. The summed E-state index contributed by atoms with van der Waals surface area (Å²) < 4.78 is 17.6. The van der Waals surface area contributed by atoms with Gasteiger partial charge in [-0.15, -0.1) is 0 Å². The molecule has 1 aromatic rings. The molecule has 0 heterocycles. The van der Waals surface area contributed by atoms with E-state index in [-0.39, 0.29) is 0 Å². The number of rotatable bonds is 9. The first-order valence-electron chi connectivity index (χ1n) is 7.83. The van der Waals surface area contributed by atoms with Crippen molar-refractivity contribution in [1.29, 1.82) is 0 Å². The van der Waals surface area contributed by atoms with E-state index in [4.69, 9.17) is 14.2 Å². The standard InChI is InChI=1S/C18H29O3/c1-13(2)10-19-16-8-7-9-17(20-11-14(3)4)18(16)21-12-15(5)6/h7-8,13-15H,10-12H2,1-6H3. The monoisotopic (exact) mass is 293 g/mol. The van der Waals surface area contributed by atoms with Gasteiger partial charge in [-0.05, 0) is 29.9 Å². The van der Waals surface area contributed by atoms with Gasteiger partial charge in [0, 0.05) is 6.07 Å². The maximum Gasteiger partial charge on any atom is 0.204 e. The van der Waals surface area contributed by atoms with Crippen LogP contribution in [-0.2, 0) is 0 Å². The van der Waals surface area contributed by atoms with E-state index in [0.717, 1.165) is 5.75 Å². The summed E-state index contributed by atoms with van der Waals surface area (Å²) in [6, 6.07) is 6.83. The summed E-state index contributed by atoms with van der Waals surface area (Å²) in [5, 5.41) is 0. The molecule has 0 aliphatic heterocycles. The van der Waals surface area contributed by atoms with Crippen molar-refractivity contribution < 1.29 is 14.2 Å². The van der Waals surface area contributed by atoms with Crippen LogP contribution in [0, 0.1) is 23.8 Å². The molecule has 0 aliphatic carbocycles. The van der Waals surface area contributed by atoms with Gasteiger partial charge in [0.2, 0.25) is 5.75 Å². The fourth-order valence-corrected chi connectivity index (χ4v) is 1.56. The smallest absolute Gasteiger partial charge is 0.204 e. The molecule has 21 heavy (non-hydrogen) atoms. The minimum absolute atomic E-state index is 0.445. The van der Waals surface area contributed by atoms with Crippen molar-refractivity contribution in [3.8, 4) is 17.2 Å². The Hall–Kier alpha value is -1.38. The Kier molecular flexibility index (Phi) is 7.41. The highest BCUT2D eigenvalue weighted by atomic mass is 16.5. The summed E-state index contributed by atoms with van der Waals surface area (Å²) in [6.07, 6.45) is 0. The average molecular weight is 293 g/mol. The van der Waals surface area contributed by atoms with Gasteiger partial charge < -0.3 is 14.2 Å². The van der Waals surface area contributed by atoms with Crippen LogP contribution in [0.5, 0.6) is 17.2 Å². The molecule has 3 nitrogen and oxygen atoms in total. The number of hydrogen-bond acceptors (Lipinski definition) is 3. The lowest BCUT2D eigenvalue weighted by atomic mass is 10.2. The van der Waals surface area contributed by atoms with Crippen LogP contribution in [0.15, 0.2) is 12.1 Å². The maximum absolute atomic E-state index is 5.91. The van der Waals surface area contributed by atoms with Crippen LogP contribution in [0.25, 0.3) is 0 Å². The number of benzene rings is 1. The third kappa shape index (κ3) is 6.74. The molecule has 0 atom stereocenters. The van der Waals surface area contributed by atoms with E-state index in [1.54, 1.807) is 0 Å².